The lowest BCUT2D eigenvalue weighted by atomic mass is 10.1. The molecule has 2 aromatic heterocycles. The van der Waals surface area contributed by atoms with Crippen molar-refractivity contribution in [3.8, 4) is 11.8 Å². The number of hydrogen-bond acceptors (Lipinski definition) is 9. The average Bonchev–Trinajstić information content (AvgIpc) is 3.62. The van der Waals surface area contributed by atoms with Crippen LogP contribution in [0.1, 0.15) is 12.7 Å². The number of carbonyl (C=O) groups is 1. The van der Waals surface area contributed by atoms with Crippen LogP contribution in [0.3, 0.4) is 0 Å². The molecule has 12 nitrogen and oxygen atoms in total. The molecule has 40 heavy (non-hydrogen) atoms. The van der Waals surface area contributed by atoms with Crippen LogP contribution in [0.15, 0.2) is 59.1 Å². The molecule has 0 aliphatic carbocycles. The van der Waals surface area contributed by atoms with Gasteiger partial charge in [0.1, 0.15) is 29.9 Å². The monoisotopic (exact) mass is 567 g/mol. The van der Waals surface area contributed by atoms with Gasteiger partial charge >= 0.3 is 17.9 Å². The SMILES string of the molecule is C[C@]1(COc2ccc(N3CCN(C(=O)OCc4cc5cc(Cl)ccc5o4)CC3)cc2)Cn2cc([N+](=O)[O-])nc2O1. The predicted octanol–water partition coefficient (Wildman–Crippen LogP) is 4.88. The molecule has 1 amide bonds. The molecule has 1 saturated heterocycles. The second-order valence-corrected chi connectivity index (χ2v) is 10.5. The fourth-order valence-electron chi connectivity index (χ4n) is 4.86. The highest BCUT2D eigenvalue weighted by atomic mass is 35.5. The third-order valence-corrected chi connectivity index (χ3v) is 7.14. The van der Waals surface area contributed by atoms with E-state index in [1.54, 1.807) is 27.7 Å². The van der Waals surface area contributed by atoms with Gasteiger partial charge in [0.2, 0.25) is 0 Å². The van der Waals surface area contributed by atoms with Gasteiger partial charge in [0.05, 0.1) is 6.54 Å². The first-order chi connectivity index (χ1) is 19.2. The van der Waals surface area contributed by atoms with Gasteiger partial charge in [-0.1, -0.05) is 11.6 Å². The number of carbonyl (C=O) groups excluding carboxylic acids is 1. The van der Waals surface area contributed by atoms with E-state index in [9.17, 15) is 14.9 Å². The molecule has 0 bridgehead atoms. The molecule has 208 valence electrons. The fraction of sp³-hybridized carbons (Fsp3) is 0.333. The van der Waals surface area contributed by atoms with Crippen LogP contribution in [0.5, 0.6) is 11.8 Å². The Kier molecular flexibility index (Phi) is 6.62. The van der Waals surface area contributed by atoms with Gasteiger partial charge in [0.25, 0.3) is 0 Å². The van der Waals surface area contributed by atoms with Crippen LogP contribution in [0, 0.1) is 10.1 Å². The topological polar surface area (TPSA) is 125 Å². The lowest BCUT2D eigenvalue weighted by Crippen LogP contribution is -2.48. The summed E-state index contributed by atoms with van der Waals surface area (Å²) in [6, 6.07) is 15.1. The number of nitrogens with zero attached hydrogens (tertiary/aromatic N) is 5. The highest BCUT2D eigenvalue weighted by molar-refractivity contribution is 6.31. The van der Waals surface area contributed by atoms with Crippen molar-refractivity contribution in [2.45, 2.75) is 25.7 Å². The summed E-state index contributed by atoms with van der Waals surface area (Å²) in [5.74, 6) is 1.01. The quantitative estimate of drug-likeness (QED) is 0.227. The molecule has 0 unspecified atom stereocenters. The fourth-order valence-corrected chi connectivity index (χ4v) is 5.04. The van der Waals surface area contributed by atoms with Crippen LogP contribution in [0.25, 0.3) is 11.0 Å². The van der Waals surface area contributed by atoms with Crippen molar-refractivity contribution in [3.05, 3.63) is 75.6 Å². The zero-order chi connectivity index (χ0) is 27.9. The van der Waals surface area contributed by atoms with E-state index in [4.69, 9.17) is 30.2 Å². The van der Waals surface area contributed by atoms with Gasteiger partial charge in [-0.3, -0.25) is 4.57 Å². The van der Waals surface area contributed by atoms with Crippen LogP contribution >= 0.6 is 11.6 Å². The number of imidazole rings is 1. The number of hydrogen-bond donors (Lipinski definition) is 0. The maximum atomic E-state index is 12.6. The van der Waals surface area contributed by atoms with E-state index < -0.39 is 10.5 Å². The molecule has 0 radical (unpaired) electrons. The Morgan fingerprint density at radius 1 is 1.15 bits per heavy atom. The first-order valence-corrected chi connectivity index (χ1v) is 13.1. The minimum absolute atomic E-state index is 0.0552. The number of halogens is 1. The van der Waals surface area contributed by atoms with Gasteiger partial charge < -0.3 is 38.5 Å². The highest BCUT2D eigenvalue weighted by Crippen LogP contribution is 2.32. The highest BCUT2D eigenvalue weighted by Gasteiger charge is 2.41. The van der Waals surface area contributed by atoms with Crippen LogP contribution in [-0.2, 0) is 17.9 Å². The molecule has 6 rings (SSSR count). The number of anilines is 1. The number of fused-ring (bicyclic) bond motifs is 2. The van der Waals surface area contributed by atoms with E-state index >= 15 is 0 Å². The Hall–Kier alpha value is -4.45. The normalized spacial score (nSPS) is 18.4. The van der Waals surface area contributed by atoms with Crippen molar-refractivity contribution < 1.29 is 28.3 Å². The van der Waals surface area contributed by atoms with Crippen LogP contribution in [-0.4, -0.2) is 63.9 Å². The number of aromatic nitrogens is 2. The number of nitro groups is 1. The maximum Gasteiger partial charge on any atom is 0.415 e. The van der Waals surface area contributed by atoms with Crippen LogP contribution in [0.2, 0.25) is 5.02 Å². The molecule has 2 aliphatic rings. The average molecular weight is 568 g/mol. The van der Waals surface area contributed by atoms with Crippen LogP contribution < -0.4 is 14.4 Å². The Morgan fingerprint density at radius 2 is 1.93 bits per heavy atom. The second-order valence-electron chi connectivity index (χ2n) is 10.0. The molecule has 13 heteroatoms. The van der Waals surface area contributed by atoms with Crippen molar-refractivity contribution in [1.82, 2.24) is 14.5 Å². The minimum atomic E-state index is -0.681. The van der Waals surface area contributed by atoms with Gasteiger partial charge in [0, 0.05) is 47.3 Å². The summed E-state index contributed by atoms with van der Waals surface area (Å²) < 4.78 is 24.6. The molecular weight excluding hydrogens is 542 g/mol. The molecule has 0 saturated carbocycles. The lowest BCUT2D eigenvalue weighted by Gasteiger charge is -2.35. The molecule has 0 spiro atoms. The van der Waals surface area contributed by atoms with Gasteiger partial charge in [-0.2, -0.15) is 0 Å². The summed E-state index contributed by atoms with van der Waals surface area (Å²) in [5.41, 5.74) is 1.04. The first-order valence-electron chi connectivity index (χ1n) is 12.7. The third-order valence-electron chi connectivity index (χ3n) is 6.91. The van der Waals surface area contributed by atoms with Crippen molar-refractivity contribution in [2.75, 3.05) is 37.7 Å². The van der Waals surface area contributed by atoms with E-state index in [1.807, 2.05) is 37.3 Å². The number of furan rings is 1. The van der Waals surface area contributed by atoms with E-state index in [1.165, 1.54) is 6.20 Å². The third kappa shape index (κ3) is 5.34. The van der Waals surface area contributed by atoms with E-state index in [2.05, 4.69) is 9.88 Å². The number of rotatable bonds is 7. The Bertz CT molecular complexity index is 1540. The van der Waals surface area contributed by atoms with Gasteiger partial charge in [-0.15, -0.1) is 0 Å². The summed E-state index contributed by atoms with van der Waals surface area (Å²) in [4.78, 5) is 30.7. The summed E-state index contributed by atoms with van der Waals surface area (Å²) in [7, 11) is 0. The zero-order valence-corrected chi connectivity index (χ0v) is 22.4. The summed E-state index contributed by atoms with van der Waals surface area (Å²) in [6.07, 6.45) is 0.993. The zero-order valence-electron chi connectivity index (χ0n) is 21.6. The number of amides is 1. The lowest BCUT2D eigenvalue weighted by molar-refractivity contribution is -0.389. The molecule has 0 N–H and O–H groups in total. The molecular formula is C27H26ClN5O7. The maximum absolute atomic E-state index is 12.6. The van der Waals surface area contributed by atoms with Crippen molar-refractivity contribution in [2.24, 2.45) is 0 Å². The standard InChI is InChI=1S/C27H26ClN5O7/c1-27(16-32-14-24(33(35)36)29-25(32)40-27)17-38-21-5-3-20(4-6-21)30-8-10-31(11-9-30)26(34)37-15-22-13-18-12-19(28)2-7-23(18)39-22/h2-7,12-14H,8-11,15-17H2,1H3/t27-/m1/s1. The molecule has 4 heterocycles. The van der Waals surface area contributed by atoms with Gasteiger partial charge in [-0.05, 0) is 60.4 Å². The van der Waals surface area contributed by atoms with Gasteiger partial charge in [-0.25, -0.2) is 4.79 Å². The second kappa shape index (κ2) is 10.3. The van der Waals surface area contributed by atoms with Crippen molar-refractivity contribution in [1.29, 1.82) is 0 Å². The minimum Gasteiger partial charge on any atom is -0.489 e. The first kappa shape index (κ1) is 25.8. The predicted molar refractivity (Wildman–Crippen MR) is 145 cm³/mol. The molecule has 2 aromatic carbocycles. The number of benzene rings is 2. The van der Waals surface area contributed by atoms with Crippen LogP contribution in [0.4, 0.5) is 16.3 Å². The number of piperazine rings is 1. The summed E-state index contributed by atoms with van der Waals surface area (Å²) >= 11 is 6.02. The smallest absolute Gasteiger partial charge is 0.415 e. The van der Waals surface area contributed by atoms with E-state index in [0.717, 1.165) is 11.1 Å². The van der Waals surface area contributed by atoms with E-state index in [0.29, 0.717) is 54.8 Å². The molecule has 1 atom stereocenters. The molecule has 1 fully saturated rings. The number of ether oxygens (including phenoxy) is 3. The Balaban J connectivity index is 0.958. The van der Waals surface area contributed by atoms with Gasteiger partial charge in [0.15, 0.2) is 12.2 Å². The molecule has 4 aromatic rings. The van der Waals surface area contributed by atoms with Crippen molar-refractivity contribution >= 4 is 40.2 Å². The van der Waals surface area contributed by atoms with E-state index in [-0.39, 0.29) is 31.1 Å². The summed E-state index contributed by atoms with van der Waals surface area (Å²) in [5, 5.41) is 12.4. The Morgan fingerprint density at radius 3 is 2.65 bits per heavy atom. The largest absolute Gasteiger partial charge is 0.489 e. The van der Waals surface area contributed by atoms with Crippen molar-refractivity contribution in [3.63, 3.8) is 0 Å². The summed E-state index contributed by atoms with van der Waals surface area (Å²) in [6.45, 7) is 5.00. The Labute approximate surface area is 233 Å². The molecule has 2 aliphatic heterocycles.